The first-order valence-electron chi connectivity index (χ1n) is 9.46. The summed E-state index contributed by atoms with van der Waals surface area (Å²) in [6, 6.07) is 23.6. The zero-order valence-corrected chi connectivity index (χ0v) is 19.5. The van der Waals surface area contributed by atoms with Crippen LogP contribution in [0.1, 0.15) is 16.7 Å². The third kappa shape index (κ3) is 5.97. The van der Waals surface area contributed by atoms with E-state index in [9.17, 15) is 0 Å². The van der Waals surface area contributed by atoms with E-state index in [0.29, 0.717) is 17.5 Å². The van der Waals surface area contributed by atoms with Gasteiger partial charge in [-0.2, -0.15) is 9.78 Å². The third-order valence-electron chi connectivity index (χ3n) is 4.36. The van der Waals surface area contributed by atoms with Crippen molar-refractivity contribution in [2.24, 2.45) is 5.10 Å². The number of para-hydroxylation sites is 1. The van der Waals surface area contributed by atoms with Crippen LogP contribution in [0.5, 0.6) is 5.75 Å². The number of rotatable bonds is 8. The summed E-state index contributed by atoms with van der Waals surface area (Å²) in [4.78, 5) is 0. The Balaban J connectivity index is 1.44. The number of aromatic nitrogens is 3. The molecule has 0 amide bonds. The monoisotopic (exact) mass is 512 g/mol. The van der Waals surface area contributed by atoms with Crippen LogP contribution in [-0.2, 0) is 12.4 Å². The minimum atomic E-state index is 0.476. The minimum absolute atomic E-state index is 0.476. The molecule has 0 atom stereocenters. The second-order valence-corrected chi connectivity index (χ2v) is 8.80. The molecule has 0 N–H and O–H groups in total. The lowest BCUT2D eigenvalue weighted by molar-refractivity contribution is 0.306. The van der Waals surface area contributed by atoms with Crippen molar-refractivity contribution in [2.45, 2.75) is 17.5 Å². The highest BCUT2D eigenvalue weighted by Gasteiger charge is 2.07. The highest BCUT2D eigenvalue weighted by Crippen LogP contribution is 2.25. The lowest BCUT2D eigenvalue weighted by atomic mass is 10.2. The number of ether oxygens (including phenoxy) is 1. The van der Waals surface area contributed by atoms with Gasteiger partial charge in [0.15, 0.2) is 0 Å². The minimum Gasteiger partial charge on any atom is -0.488 e. The highest BCUT2D eigenvalue weighted by atomic mass is 79.9. The zero-order valence-electron chi connectivity index (χ0n) is 16.4. The van der Waals surface area contributed by atoms with Crippen LogP contribution in [0, 0.1) is 0 Å². The van der Waals surface area contributed by atoms with E-state index >= 15 is 0 Å². The first-order valence-corrected chi connectivity index (χ1v) is 11.6. The fourth-order valence-electron chi connectivity index (χ4n) is 2.74. The van der Waals surface area contributed by atoms with Gasteiger partial charge in [0.1, 0.15) is 18.7 Å². The molecule has 0 radical (unpaired) electrons. The molecule has 0 unspecified atom stereocenters. The molecule has 1 aromatic heterocycles. The number of halogens is 2. The highest BCUT2D eigenvalue weighted by molar-refractivity contribution is 9.10. The molecule has 0 aliphatic heterocycles. The van der Waals surface area contributed by atoms with Crippen molar-refractivity contribution < 1.29 is 4.74 Å². The number of hydrogen-bond acceptors (Lipinski definition) is 5. The van der Waals surface area contributed by atoms with Crippen molar-refractivity contribution in [3.05, 3.63) is 105 Å². The first-order chi connectivity index (χ1) is 15.2. The Kier molecular flexibility index (Phi) is 7.40. The van der Waals surface area contributed by atoms with E-state index in [4.69, 9.17) is 16.3 Å². The van der Waals surface area contributed by atoms with Gasteiger partial charge in [0.25, 0.3) is 0 Å². The molecule has 0 saturated carbocycles. The van der Waals surface area contributed by atoms with Gasteiger partial charge in [-0.15, -0.1) is 10.2 Å². The van der Waals surface area contributed by atoms with E-state index in [0.717, 1.165) is 31.9 Å². The topological polar surface area (TPSA) is 52.3 Å². The molecule has 156 valence electrons. The number of thioether (sulfide) groups is 1. The molecule has 1 heterocycles. The molecule has 0 fully saturated rings. The van der Waals surface area contributed by atoms with Crippen LogP contribution in [0.3, 0.4) is 0 Å². The molecule has 0 saturated heterocycles. The summed E-state index contributed by atoms with van der Waals surface area (Å²) in [5.74, 6) is 1.44. The van der Waals surface area contributed by atoms with Crippen molar-refractivity contribution >= 4 is 45.5 Å². The van der Waals surface area contributed by atoms with E-state index in [1.165, 1.54) is 11.8 Å². The maximum atomic E-state index is 6.24. The van der Waals surface area contributed by atoms with Gasteiger partial charge in [0, 0.05) is 20.8 Å². The molecule has 5 nitrogen and oxygen atoms in total. The Bertz CT molecular complexity index is 1180. The van der Waals surface area contributed by atoms with E-state index in [-0.39, 0.29) is 0 Å². The molecule has 0 aliphatic carbocycles. The molecule has 8 heteroatoms. The van der Waals surface area contributed by atoms with E-state index in [1.807, 2.05) is 72.8 Å². The maximum Gasteiger partial charge on any atom is 0.212 e. The van der Waals surface area contributed by atoms with Crippen LogP contribution in [0.15, 0.2) is 93.9 Å². The summed E-state index contributed by atoms with van der Waals surface area (Å²) < 4.78 is 8.70. The molecule has 3 aromatic carbocycles. The van der Waals surface area contributed by atoms with Crippen LogP contribution < -0.4 is 4.74 Å². The lowest BCUT2D eigenvalue weighted by Gasteiger charge is -2.09. The van der Waals surface area contributed by atoms with E-state index in [1.54, 1.807) is 17.2 Å². The average molecular weight is 514 g/mol. The van der Waals surface area contributed by atoms with Gasteiger partial charge in [0.2, 0.25) is 5.16 Å². The quantitative estimate of drug-likeness (QED) is 0.201. The lowest BCUT2D eigenvalue weighted by Crippen LogP contribution is -1.99. The number of hydrogen-bond donors (Lipinski definition) is 0. The number of nitrogens with zero attached hydrogens (tertiary/aromatic N) is 4. The van der Waals surface area contributed by atoms with Crippen LogP contribution >= 0.6 is 39.3 Å². The fourth-order valence-corrected chi connectivity index (χ4v) is 4.15. The molecule has 31 heavy (non-hydrogen) atoms. The summed E-state index contributed by atoms with van der Waals surface area (Å²) >= 11 is 11.2. The largest absolute Gasteiger partial charge is 0.488 e. The van der Waals surface area contributed by atoms with Gasteiger partial charge in [-0.25, -0.2) is 0 Å². The zero-order chi connectivity index (χ0) is 21.5. The van der Waals surface area contributed by atoms with Crippen molar-refractivity contribution in [3.63, 3.8) is 0 Å². The number of benzene rings is 3. The molecule has 0 bridgehead atoms. The summed E-state index contributed by atoms with van der Waals surface area (Å²) in [6.45, 7) is 0.476. The van der Waals surface area contributed by atoms with E-state index < -0.39 is 0 Å². The van der Waals surface area contributed by atoms with E-state index in [2.05, 4.69) is 31.2 Å². The van der Waals surface area contributed by atoms with Crippen molar-refractivity contribution in [2.75, 3.05) is 0 Å². The van der Waals surface area contributed by atoms with Crippen LogP contribution in [0.25, 0.3) is 0 Å². The van der Waals surface area contributed by atoms with Crippen LogP contribution in [-0.4, -0.2) is 21.1 Å². The fraction of sp³-hybridized carbons (Fsp3) is 0.0870. The summed E-state index contributed by atoms with van der Waals surface area (Å²) in [5, 5.41) is 14.1. The van der Waals surface area contributed by atoms with Gasteiger partial charge >= 0.3 is 0 Å². The summed E-state index contributed by atoms with van der Waals surface area (Å²) in [5.41, 5.74) is 3.00. The summed E-state index contributed by atoms with van der Waals surface area (Å²) in [6.07, 6.45) is 3.33. The van der Waals surface area contributed by atoms with Gasteiger partial charge in [0.05, 0.1) is 6.21 Å². The van der Waals surface area contributed by atoms with Crippen LogP contribution in [0.4, 0.5) is 0 Å². The average Bonchev–Trinajstić information content (AvgIpc) is 3.25. The Morgan fingerprint density at radius 3 is 2.65 bits per heavy atom. The predicted molar refractivity (Wildman–Crippen MR) is 129 cm³/mol. The SMILES string of the molecule is Clc1ccccc1CSc1nncn1/N=C/c1ccccc1OCc1ccc(Br)cc1. The van der Waals surface area contributed by atoms with Crippen molar-refractivity contribution in [3.8, 4) is 5.75 Å². The Labute approximate surface area is 198 Å². The van der Waals surface area contributed by atoms with Crippen LogP contribution in [0.2, 0.25) is 5.02 Å². The van der Waals surface area contributed by atoms with Gasteiger partial charge < -0.3 is 4.74 Å². The Morgan fingerprint density at radius 2 is 1.81 bits per heavy atom. The van der Waals surface area contributed by atoms with Crippen molar-refractivity contribution in [1.29, 1.82) is 0 Å². The van der Waals surface area contributed by atoms with Gasteiger partial charge in [-0.3, -0.25) is 0 Å². The smallest absolute Gasteiger partial charge is 0.212 e. The second-order valence-electron chi connectivity index (χ2n) is 6.54. The molecule has 4 rings (SSSR count). The normalized spacial score (nSPS) is 11.2. The first kappa shape index (κ1) is 21.6. The Morgan fingerprint density at radius 1 is 1.03 bits per heavy atom. The standard InChI is InChI=1S/C23H18BrClN4OS/c24-20-11-9-17(10-12-20)14-30-22-8-4-2-5-18(22)13-27-29-16-26-28-23(29)31-15-19-6-1-3-7-21(19)25/h1-13,16H,14-15H2/b27-13+. The van der Waals surface area contributed by atoms with Gasteiger partial charge in [-0.1, -0.05) is 81.8 Å². The molecule has 4 aromatic rings. The Hall–Kier alpha value is -2.61. The summed E-state index contributed by atoms with van der Waals surface area (Å²) in [7, 11) is 0. The van der Waals surface area contributed by atoms with Crippen molar-refractivity contribution in [1.82, 2.24) is 14.9 Å². The maximum absolute atomic E-state index is 6.24. The van der Waals surface area contributed by atoms with Gasteiger partial charge in [-0.05, 0) is 41.5 Å². The third-order valence-corrected chi connectivity index (χ3v) is 6.24. The molecule has 0 spiro atoms. The second kappa shape index (κ2) is 10.6. The molecule has 0 aliphatic rings. The molecular weight excluding hydrogens is 496 g/mol. The molecular formula is C23H18BrClN4OS. The predicted octanol–water partition coefficient (Wildman–Crippen LogP) is 6.45.